The smallest absolute Gasteiger partial charge is 0.349 e. The molecule has 3 rings (SSSR count). The quantitative estimate of drug-likeness (QED) is 0.696. The Morgan fingerprint density at radius 3 is 2.68 bits per heavy atom. The van der Waals surface area contributed by atoms with Gasteiger partial charge in [-0.1, -0.05) is 18.2 Å². The Morgan fingerprint density at radius 1 is 1.18 bits per heavy atom. The molecule has 0 N–H and O–H groups in total. The fourth-order valence-electron chi connectivity index (χ4n) is 2.30. The number of carbonyl (C=O) groups is 1. The lowest BCUT2D eigenvalue weighted by Gasteiger charge is -2.22. The average Bonchev–Trinajstić information content (AvgIpc) is 3.06. The third-order valence-electron chi connectivity index (χ3n) is 3.73. The minimum atomic E-state index is -0.637. The zero-order valence-electron chi connectivity index (χ0n) is 12.3. The minimum Gasteiger partial charge on any atom is -0.467 e. The van der Waals surface area contributed by atoms with Crippen LogP contribution in [-0.2, 0) is 0 Å². The lowest BCUT2D eigenvalue weighted by molar-refractivity contribution is 0.0722. The van der Waals surface area contributed by atoms with Gasteiger partial charge in [0, 0.05) is 12.4 Å². The molecule has 0 radical (unpaired) electrons. The molecule has 5 nitrogen and oxygen atoms in total. The van der Waals surface area contributed by atoms with E-state index in [1.165, 1.54) is 4.90 Å². The molecule has 1 aromatic carbocycles. The fraction of sp³-hybridized carbons (Fsp3) is 0.176. The maximum Gasteiger partial charge on any atom is 0.349 e. The number of furan rings is 1. The van der Waals surface area contributed by atoms with Gasteiger partial charge < -0.3 is 13.7 Å². The number of benzene rings is 1. The molecule has 0 bridgehead atoms. The van der Waals surface area contributed by atoms with Gasteiger partial charge in [0.25, 0.3) is 5.91 Å². The first-order valence-corrected chi connectivity index (χ1v) is 6.91. The first-order chi connectivity index (χ1) is 10.6. The Hall–Kier alpha value is -2.82. The molecular weight excluding hydrogens is 282 g/mol. The highest BCUT2D eigenvalue weighted by Gasteiger charge is 2.23. The van der Waals surface area contributed by atoms with Crippen LogP contribution in [-0.4, -0.2) is 17.9 Å². The predicted molar refractivity (Wildman–Crippen MR) is 81.7 cm³/mol. The fourth-order valence-corrected chi connectivity index (χ4v) is 2.30. The van der Waals surface area contributed by atoms with Crippen LogP contribution >= 0.6 is 0 Å². The van der Waals surface area contributed by atoms with Crippen molar-refractivity contribution in [3.8, 4) is 0 Å². The molecule has 3 aromatic rings. The Balaban J connectivity index is 1.98. The third kappa shape index (κ3) is 2.41. The van der Waals surface area contributed by atoms with Gasteiger partial charge in [-0.05, 0) is 31.2 Å². The lowest BCUT2D eigenvalue weighted by Crippen LogP contribution is -2.32. The van der Waals surface area contributed by atoms with Crippen LogP contribution in [0.5, 0.6) is 0 Å². The van der Waals surface area contributed by atoms with Gasteiger partial charge in [-0.25, -0.2) is 4.79 Å². The second kappa shape index (κ2) is 5.52. The highest BCUT2D eigenvalue weighted by Crippen LogP contribution is 2.21. The van der Waals surface area contributed by atoms with Gasteiger partial charge in [-0.15, -0.1) is 0 Å². The van der Waals surface area contributed by atoms with Crippen molar-refractivity contribution in [1.29, 1.82) is 0 Å². The van der Waals surface area contributed by atoms with Crippen LogP contribution in [0.2, 0.25) is 0 Å². The van der Waals surface area contributed by atoms with Gasteiger partial charge in [0.1, 0.15) is 16.9 Å². The maximum absolute atomic E-state index is 12.6. The van der Waals surface area contributed by atoms with Crippen molar-refractivity contribution in [3.63, 3.8) is 0 Å². The van der Waals surface area contributed by atoms with Crippen molar-refractivity contribution >= 4 is 16.9 Å². The summed E-state index contributed by atoms with van der Waals surface area (Å²) in [6.45, 7) is 1.83. The Labute approximate surface area is 126 Å². The molecule has 22 heavy (non-hydrogen) atoms. The van der Waals surface area contributed by atoms with E-state index in [2.05, 4.69) is 0 Å². The second-order valence-electron chi connectivity index (χ2n) is 5.09. The highest BCUT2D eigenvalue weighted by molar-refractivity contribution is 5.96. The summed E-state index contributed by atoms with van der Waals surface area (Å²) < 4.78 is 10.5. The summed E-state index contributed by atoms with van der Waals surface area (Å²) >= 11 is 0. The van der Waals surface area contributed by atoms with Crippen LogP contribution in [0, 0.1) is 0 Å². The zero-order valence-corrected chi connectivity index (χ0v) is 12.3. The average molecular weight is 297 g/mol. The number of para-hydroxylation sites is 1. The molecule has 1 amide bonds. The summed E-state index contributed by atoms with van der Waals surface area (Å²) in [6.07, 6.45) is 1.55. The monoisotopic (exact) mass is 297 g/mol. The van der Waals surface area contributed by atoms with E-state index >= 15 is 0 Å². The summed E-state index contributed by atoms with van der Waals surface area (Å²) in [5.74, 6) is 0.254. The minimum absolute atomic E-state index is 0.0135. The van der Waals surface area contributed by atoms with Crippen LogP contribution in [0.1, 0.15) is 29.1 Å². The summed E-state index contributed by atoms with van der Waals surface area (Å²) in [4.78, 5) is 26.1. The molecule has 0 fully saturated rings. The van der Waals surface area contributed by atoms with E-state index in [9.17, 15) is 9.59 Å². The standard InChI is InChI=1S/C17H15NO4/c1-11(14-8-5-9-21-14)18(2)16(19)13-10-12-6-3-4-7-15(12)22-17(13)20/h3-11H,1-2H3. The van der Waals surface area contributed by atoms with Crippen LogP contribution in [0.3, 0.4) is 0 Å². The molecule has 0 spiro atoms. The van der Waals surface area contributed by atoms with Crippen LogP contribution in [0.15, 0.2) is 62.4 Å². The lowest BCUT2D eigenvalue weighted by atomic mass is 10.1. The summed E-state index contributed by atoms with van der Waals surface area (Å²) in [6, 6.07) is 11.9. The highest BCUT2D eigenvalue weighted by atomic mass is 16.4. The number of nitrogens with zero attached hydrogens (tertiary/aromatic N) is 1. The number of amides is 1. The normalized spacial score (nSPS) is 12.3. The van der Waals surface area contributed by atoms with Gasteiger partial charge in [-0.2, -0.15) is 0 Å². The Morgan fingerprint density at radius 2 is 1.95 bits per heavy atom. The van der Waals surface area contributed by atoms with E-state index in [0.717, 1.165) is 0 Å². The molecule has 0 aliphatic heterocycles. The van der Waals surface area contributed by atoms with E-state index in [1.54, 1.807) is 49.7 Å². The van der Waals surface area contributed by atoms with E-state index in [-0.39, 0.29) is 11.6 Å². The molecule has 0 saturated carbocycles. The Kier molecular flexibility index (Phi) is 3.55. The summed E-state index contributed by atoms with van der Waals surface area (Å²) in [5, 5.41) is 0.713. The van der Waals surface area contributed by atoms with Gasteiger partial charge in [0.05, 0.1) is 12.3 Å². The first-order valence-electron chi connectivity index (χ1n) is 6.91. The van der Waals surface area contributed by atoms with Crippen LogP contribution in [0.25, 0.3) is 11.0 Å². The molecular formula is C17H15NO4. The van der Waals surface area contributed by atoms with E-state index in [1.807, 2.05) is 13.0 Å². The van der Waals surface area contributed by atoms with Crippen molar-refractivity contribution in [2.75, 3.05) is 7.05 Å². The molecule has 2 heterocycles. The predicted octanol–water partition coefficient (Wildman–Crippen LogP) is 3.22. The number of fused-ring (bicyclic) bond motifs is 1. The van der Waals surface area contributed by atoms with Crippen molar-refractivity contribution in [3.05, 3.63) is 70.5 Å². The first kappa shape index (κ1) is 14.1. The molecule has 1 unspecified atom stereocenters. The van der Waals surface area contributed by atoms with Crippen LogP contribution < -0.4 is 5.63 Å². The summed E-state index contributed by atoms with van der Waals surface area (Å²) in [5.41, 5.74) is -0.160. The number of hydrogen-bond acceptors (Lipinski definition) is 4. The van der Waals surface area contributed by atoms with E-state index in [0.29, 0.717) is 16.7 Å². The molecule has 1 atom stereocenters. The molecule has 0 saturated heterocycles. The van der Waals surface area contributed by atoms with Gasteiger partial charge in [0.15, 0.2) is 0 Å². The van der Waals surface area contributed by atoms with E-state index < -0.39 is 11.5 Å². The molecule has 2 aromatic heterocycles. The molecule has 5 heteroatoms. The molecule has 0 aliphatic rings. The number of hydrogen-bond donors (Lipinski definition) is 0. The van der Waals surface area contributed by atoms with Crippen molar-refractivity contribution in [2.24, 2.45) is 0 Å². The SMILES string of the molecule is CC(c1ccco1)N(C)C(=O)c1cc2ccccc2oc1=O. The third-order valence-corrected chi connectivity index (χ3v) is 3.73. The Bertz CT molecular complexity index is 864. The van der Waals surface area contributed by atoms with Gasteiger partial charge in [-0.3, -0.25) is 4.79 Å². The van der Waals surface area contributed by atoms with E-state index in [4.69, 9.17) is 8.83 Å². The van der Waals surface area contributed by atoms with Crippen molar-refractivity contribution in [1.82, 2.24) is 4.90 Å². The van der Waals surface area contributed by atoms with Crippen molar-refractivity contribution < 1.29 is 13.6 Å². The van der Waals surface area contributed by atoms with Crippen LogP contribution in [0.4, 0.5) is 0 Å². The molecule has 0 aliphatic carbocycles. The largest absolute Gasteiger partial charge is 0.467 e. The second-order valence-corrected chi connectivity index (χ2v) is 5.09. The topological polar surface area (TPSA) is 63.7 Å². The number of rotatable bonds is 3. The van der Waals surface area contributed by atoms with Gasteiger partial charge >= 0.3 is 5.63 Å². The number of carbonyl (C=O) groups excluding carboxylic acids is 1. The van der Waals surface area contributed by atoms with Crippen molar-refractivity contribution in [2.45, 2.75) is 13.0 Å². The summed E-state index contributed by atoms with van der Waals surface area (Å²) in [7, 11) is 1.63. The zero-order chi connectivity index (χ0) is 15.7. The maximum atomic E-state index is 12.6. The van der Waals surface area contributed by atoms with Gasteiger partial charge in [0.2, 0.25) is 0 Å². The molecule has 112 valence electrons.